The smallest absolute Gasteiger partial charge is 0.406 e. The Morgan fingerprint density at radius 3 is 2.74 bits per heavy atom. The molecule has 1 aliphatic heterocycles. The molecule has 1 atom stereocenters. The number of halogens is 3. The molecule has 0 bridgehead atoms. The second-order valence-electron chi connectivity index (χ2n) is 6.04. The number of anilines is 2. The Labute approximate surface area is 152 Å². The second kappa shape index (κ2) is 7.18. The lowest BCUT2D eigenvalue weighted by Gasteiger charge is -2.16. The SMILES string of the molecule is C[C@@H](NC(=O)Nc1cccc(OC(F)(F)F)c1)c1ccc2c(c1)CC(=O)N2. The summed E-state index contributed by atoms with van der Waals surface area (Å²) in [7, 11) is 0. The van der Waals surface area contributed by atoms with Crippen molar-refractivity contribution in [1.29, 1.82) is 0 Å². The highest BCUT2D eigenvalue weighted by Gasteiger charge is 2.31. The first kappa shape index (κ1) is 18.6. The van der Waals surface area contributed by atoms with Crippen LogP contribution in [0.1, 0.15) is 24.1 Å². The molecule has 2 aromatic rings. The number of fused-ring (bicyclic) bond motifs is 1. The van der Waals surface area contributed by atoms with Gasteiger partial charge in [-0.25, -0.2) is 4.79 Å². The molecule has 2 aromatic carbocycles. The van der Waals surface area contributed by atoms with Crippen molar-refractivity contribution in [3.05, 3.63) is 53.6 Å². The number of nitrogens with one attached hydrogen (secondary N) is 3. The predicted molar refractivity (Wildman–Crippen MR) is 92.5 cm³/mol. The number of alkyl halides is 3. The fourth-order valence-corrected chi connectivity index (χ4v) is 2.74. The Morgan fingerprint density at radius 1 is 1.22 bits per heavy atom. The summed E-state index contributed by atoms with van der Waals surface area (Å²) in [5.41, 5.74) is 2.56. The van der Waals surface area contributed by atoms with E-state index in [1.807, 2.05) is 6.07 Å². The molecule has 0 saturated heterocycles. The second-order valence-corrected chi connectivity index (χ2v) is 6.04. The van der Waals surface area contributed by atoms with Gasteiger partial charge >= 0.3 is 12.4 Å². The van der Waals surface area contributed by atoms with E-state index in [2.05, 4.69) is 20.7 Å². The van der Waals surface area contributed by atoms with Crippen LogP contribution >= 0.6 is 0 Å². The standard InChI is InChI=1S/C18H16F3N3O3/c1-10(11-5-6-15-12(7-11)8-16(25)24-15)22-17(26)23-13-3-2-4-14(9-13)27-18(19,20)21/h2-7,9-10H,8H2,1H3,(H,24,25)(H2,22,23,26)/t10-/m1/s1. The van der Waals surface area contributed by atoms with Crippen LogP contribution < -0.4 is 20.7 Å². The topological polar surface area (TPSA) is 79.5 Å². The minimum atomic E-state index is -4.81. The Hall–Kier alpha value is -3.23. The molecule has 1 heterocycles. The van der Waals surface area contributed by atoms with E-state index in [1.54, 1.807) is 19.1 Å². The molecule has 6 nitrogen and oxygen atoms in total. The van der Waals surface area contributed by atoms with Crippen molar-refractivity contribution in [2.75, 3.05) is 10.6 Å². The Morgan fingerprint density at radius 2 is 2.00 bits per heavy atom. The number of hydrogen-bond donors (Lipinski definition) is 3. The van der Waals surface area contributed by atoms with E-state index in [-0.39, 0.29) is 24.1 Å². The largest absolute Gasteiger partial charge is 0.573 e. The maximum absolute atomic E-state index is 12.3. The molecule has 0 saturated carbocycles. The molecule has 0 fully saturated rings. The van der Waals surface area contributed by atoms with Crippen LogP contribution in [0.4, 0.5) is 29.3 Å². The molecule has 0 radical (unpaired) electrons. The lowest BCUT2D eigenvalue weighted by Crippen LogP contribution is -2.31. The van der Waals surface area contributed by atoms with Crippen molar-refractivity contribution < 1.29 is 27.5 Å². The van der Waals surface area contributed by atoms with Gasteiger partial charge in [0.2, 0.25) is 5.91 Å². The van der Waals surface area contributed by atoms with Gasteiger partial charge in [0.1, 0.15) is 5.75 Å². The van der Waals surface area contributed by atoms with Crippen LogP contribution in [0.5, 0.6) is 5.75 Å². The molecule has 9 heteroatoms. The molecular formula is C18H16F3N3O3. The number of rotatable bonds is 4. The van der Waals surface area contributed by atoms with Gasteiger partial charge in [-0.05, 0) is 36.2 Å². The lowest BCUT2D eigenvalue weighted by molar-refractivity contribution is -0.274. The van der Waals surface area contributed by atoms with Crippen LogP contribution in [0.25, 0.3) is 0 Å². The Bertz CT molecular complexity index is 884. The number of urea groups is 1. The van der Waals surface area contributed by atoms with Crippen LogP contribution in [0.3, 0.4) is 0 Å². The fraction of sp³-hybridized carbons (Fsp3) is 0.222. The molecule has 1 aliphatic rings. The van der Waals surface area contributed by atoms with Crippen LogP contribution in [-0.2, 0) is 11.2 Å². The molecular weight excluding hydrogens is 363 g/mol. The average molecular weight is 379 g/mol. The van der Waals surface area contributed by atoms with Gasteiger partial charge in [0.15, 0.2) is 0 Å². The van der Waals surface area contributed by atoms with E-state index >= 15 is 0 Å². The first-order valence-electron chi connectivity index (χ1n) is 8.05. The lowest BCUT2D eigenvalue weighted by atomic mass is 10.0. The maximum Gasteiger partial charge on any atom is 0.573 e. The third-order valence-electron chi connectivity index (χ3n) is 3.93. The highest BCUT2D eigenvalue weighted by atomic mass is 19.4. The molecule has 3 N–H and O–H groups in total. The number of benzene rings is 2. The molecule has 3 rings (SSSR count). The number of amides is 3. The first-order valence-corrected chi connectivity index (χ1v) is 8.05. The summed E-state index contributed by atoms with van der Waals surface area (Å²) in [6, 6.07) is 9.42. The van der Waals surface area contributed by atoms with Crippen molar-refractivity contribution in [1.82, 2.24) is 5.32 Å². The molecule has 27 heavy (non-hydrogen) atoms. The summed E-state index contributed by atoms with van der Waals surface area (Å²) in [5.74, 6) is -0.509. The van der Waals surface area contributed by atoms with Crippen LogP contribution in [0.15, 0.2) is 42.5 Å². The zero-order valence-corrected chi connectivity index (χ0v) is 14.2. The quantitative estimate of drug-likeness (QED) is 0.752. The zero-order chi connectivity index (χ0) is 19.6. The van der Waals surface area contributed by atoms with Gasteiger partial charge in [0.05, 0.1) is 12.5 Å². The summed E-state index contributed by atoms with van der Waals surface area (Å²) in [5, 5.41) is 7.89. The minimum Gasteiger partial charge on any atom is -0.406 e. The Kier molecular flexibility index (Phi) is 4.93. The summed E-state index contributed by atoms with van der Waals surface area (Å²) >= 11 is 0. The van der Waals surface area contributed by atoms with E-state index in [0.717, 1.165) is 28.9 Å². The number of carbonyl (C=O) groups is 2. The number of carbonyl (C=O) groups excluding carboxylic acids is 2. The third kappa shape index (κ3) is 4.90. The van der Waals surface area contributed by atoms with E-state index in [1.165, 1.54) is 12.1 Å². The normalized spacial score (nSPS) is 14.1. The van der Waals surface area contributed by atoms with E-state index in [9.17, 15) is 22.8 Å². The average Bonchev–Trinajstić information content (AvgIpc) is 2.92. The molecule has 3 amide bonds. The maximum atomic E-state index is 12.3. The number of hydrogen-bond acceptors (Lipinski definition) is 3. The van der Waals surface area contributed by atoms with Crippen LogP contribution in [0, 0.1) is 0 Å². The van der Waals surface area contributed by atoms with Gasteiger partial charge in [-0.15, -0.1) is 13.2 Å². The zero-order valence-electron chi connectivity index (χ0n) is 14.2. The monoisotopic (exact) mass is 379 g/mol. The molecule has 0 unspecified atom stereocenters. The van der Waals surface area contributed by atoms with E-state index in [4.69, 9.17) is 0 Å². The van der Waals surface area contributed by atoms with Gasteiger partial charge < -0.3 is 20.7 Å². The van der Waals surface area contributed by atoms with E-state index < -0.39 is 18.1 Å². The predicted octanol–water partition coefficient (Wildman–Crippen LogP) is 3.96. The summed E-state index contributed by atoms with van der Waals surface area (Å²) in [6.07, 6.45) is -4.52. The fourth-order valence-electron chi connectivity index (χ4n) is 2.74. The highest BCUT2D eigenvalue weighted by molar-refractivity contribution is 5.99. The van der Waals surface area contributed by atoms with Crippen LogP contribution in [-0.4, -0.2) is 18.3 Å². The van der Waals surface area contributed by atoms with Crippen molar-refractivity contribution >= 4 is 23.3 Å². The summed E-state index contributed by atoms with van der Waals surface area (Å²) in [4.78, 5) is 23.5. The summed E-state index contributed by atoms with van der Waals surface area (Å²) in [6.45, 7) is 1.76. The van der Waals surface area contributed by atoms with Gasteiger partial charge in [0, 0.05) is 17.4 Å². The minimum absolute atomic E-state index is 0.0820. The molecule has 0 spiro atoms. The van der Waals surface area contributed by atoms with Crippen molar-refractivity contribution in [3.8, 4) is 5.75 Å². The van der Waals surface area contributed by atoms with Gasteiger partial charge in [-0.2, -0.15) is 0 Å². The number of ether oxygens (including phenoxy) is 1. The van der Waals surface area contributed by atoms with Crippen molar-refractivity contribution in [3.63, 3.8) is 0 Å². The van der Waals surface area contributed by atoms with Crippen molar-refractivity contribution in [2.45, 2.75) is 25.7 Å². The van der Waals surface area contributed by atoms with Gasteiger partial charge in [0.25, 0.3) is 0 Å². The van der Waals surface area contributed by atoms with Gasteiger partial charge in [-0.1, -0.05) is 18.2 Å². The third-order valence-corrected chi connectivity index (χ3v) is 3.93. The van der Waals surface area contributed by atoms with Crippen molar-refractivity contribution in [2.24, 2.45) is 0 Å². The molecule has 0 aliphatic carbocycles. The van der Waals surface area contributed by atoms with Gasteiger partial charge in [-0.3, -0.25) is 4.79 Å². The first-order chi connectivity index (χ1) is 12.7. The Balaban J connectivity index is 1.62. The summed E-state index contributed by atoms with van der Waals surface area (Å²) < 4.78 is 40.6. The molecule has 142 valence electrons. The molecule has 0 aromatic heterocycles. The highest BCUT2D eigenvalue weighted by Crippen LogP contribution is 2.27. The van der Waals surface area contributed by atoms with E-state index in [0.29, 0.717) is 0 Å². The van der Waals surface area contributed by atoms with Crippen LogP contribution in [0.2, 0.25) is 0 Å².